The van der Waals surface area contributed by atoms with Crippen LogP contribution in [-0.4, -0.2) is 36.6 Å². The predicted molar refractivity (Wildman–Crippen MR) is 166 cm³/mol. The number of hydrogen-bond acceptors (Lipinski definition) is 3. The number of rotatable bonds is 12. The number of carbonyl (C=O) groups is 1. The Morgan fingerprint density at radius 1 is 0.634 bits per heavy atom. The maximum absolute atomic E-state index is 13.9. The number of carbonyl (C=O) groups excluding carboxylic acids is 1. The fraction of sp³-hybridized carbons (Fsp3) is 0.286. The van der Waals surface area contributed by atoms with Gasteiger partial charge in [-0.25, -0.2) is 8.42 Å². The Kier molecular flexibility index (Phi) is 10.1. The standard InChI is InChI=1S/C35H40N2O3S/c1-35(2,3)32-19-21-33(22-20-32)41(39,40)37(28-31-17-11-6-12-18-31)26-24-34(38)36(27-30-15-9-5-10-16-30)25-23-29-13-7-4-8-14-29/h4-22H,23-28H2,1-3H3. The van der Waals surface area contributed by atoms with E-state index >= 15 is 0 Å². The second-order valence-electron chi connectivity index (χ2n) is 11.4. The summed E-state index contributed by atoms with van der Waals surface area (Å²) in [7, 11) is -3.83. The van der Waals surface area contributed by atoms with Crippen LogP contribution in [0.4, 0.5) is 0 Å². The van der Waals surface area contributed by atoms with Crippen molar-refractivity contribution in [1.29, 1.82) is 0 Å². The molecule has 0 aromatic heterocycles. The van der Waals surface area contributed by atoms with Gasteiger partial charge in [0.15, 0.2) is 0 Å². The lowest BCUT2D eigenvalue weighted by Gasteiger charge is -2.26. The van der Waals surface area contributed by atoms with E-state index in [1.54, 1.807) is 12.1 Å². The van der Waals surface area contributed by atoms with E-state index in [2.05, 4.69) is 32.9 Å². The molecule has 0 aliphatic carbocycles. The van der Waals surface area contributed by atoms with E-state index in [1.165, 1.54) is 4.31 Å². The Morgan fingerprint density at radius 2 is 1.12 bits per heavy atom. The molecule has 214 valence electrons. The first-order valence-electron chi connectivity index (χ1n) is 14.1. The lowest BCUT2D eigenvalue weighted by atomic mass is 9.87. The first kappa shape index (κ1) is 30.2. The highest BCUT2D eigenvalue weighted by atomic mass is 32.2. The minimum atomic E-state index is -3.83. The molecule has 0 aliphatic heterocycles. The minimum Gasteiger partial charge on any atom is -0.338 e. The summed E-state index contributed by atoms with van der Waals surface area (Å²) in [4.78, 5) is 15.7. The van der Waals surface area contributed by atoms with Crippen LogP contribution in [0.3, 0.4) is 0 Å². The van der Waals surface area contributed by atoms with Gasteiger partial charge >= 0.3 is 0 Å². The van der Waals surface area contributed by atoms with Crippen LogP contribution in [0.15, 0.2) is 120 Å². The third kappa shape index (κ3) is 8.62. The van der Waals surface area contributed by atoms with E-state index in [-0.39, 0.29) is 35.7 Å². The molecule has 41 heavy (non-hydrogen) atoms. The summed E-state index contributed by atoms with van der Waals surface area (Å²) in [5.74, 6) is -0.0684. The average Bonchev–Trinajstić information content (AvgIpc) is 2.98. The Labute approximate surface area is 245 Å². The van der Waals surface area contributed by atoms with Crippen molar-refractivity contribution in [1.82, 2.24) is 9.21 Å². The van der Waals surface area contributed by atoms with Gasteiger partial charge in [0.05, 0.1) is 4.90 Å². The number of nitrogens with zero attached hydrogens (tertiary/aromatic N) is 2. The fourth-order valence-corrected chi connectivity index (χ4v) is 6.16. The Morgan fingerprint density at radius 3 is 1.63 bits per heavy atom. The van der Waals surface area contributed by atoms with Gasteiger partial charge in [-0.3, -0.25) is 4.79 Å². The monoisotopic (exact) mass is 568 g/mol. The van der Waals surface area contributed by atoms with Crippen molar-refractivity contribution < 1.29 is 13.2 Å². The zero-order valence-electron chi connectivity index (χ0n) is 24.2. The smallest absolute Gasteiger partial charge is 0.243 e. The molecular formula is C35H40N2O3S. The lowest BCUT2D eigenvalue weighted by Crippen LogP contribution is -2.37. The highest BCUT2D eigenvalue weighted by molar-refractivity contribution is 7.89. The SMILES string of the molecule is CC(C)(C)c1ccc(S(=O)(=O)N(CCC(=O)N(CCc2ccccc2)Cc2ccccc2)Cc2ccccc2)cc1. The van der Waals surface area contributed by atoms with Crippen molar-refractivity contribution in [2.45, 2.75) is 57.0 Å². The van der Waals surface area contributed by atoms with Gasteiger partial charge in [-0.2, -0.15) is 4.31 Å². The zero-order valence-corrected chi connectivity index (χ0v) is 25.1. The number of amides is 1. The molecule has 0 radical (unpaired) electrons. The van der Waals surface area contributed by atoms with Gasteiger partial charge in [-0.1, -0.05) is 124 Å². The van der Waals surface area contributed by atoms with Crippen LogP contribution in [0.1, 0.15) is 49.4 Å². The third-order valence-corrected chi connectivity index (χ3v) is 9.08. The van der Waals surface area contributed by atoms with Crippen LogP contribution in [-0.2, 0) is 39.7 Å². The highest BCUT2D eigenvalue weighted by Crippen LogP contribution is 2.25. The number of benzene rings is 4. The summed E-state index contributed by atoms with van der Waals surface area (Å²) in [6.45, 7) is 7.62. The van der Waals surface area contributed by atoms with Crippen molar-refractivity contribution in [2.75, 3.05) is 13.1 Å². The van der Waals surface area contributed by atoms with E-state index in [9.17, 15) is 13.2 Å². The first-order valence-corrected chi connectivity index (χ1v) is 15.6. The zero-order chi connectivity index (χ0) is 29.3. The molecule has 0 N–H and O–H groups in total. The van der Waals surface area contributed by atoms with Crippen LogP contribution in [0.5, 0.6) is 0 Å². The highest BCUT2D eigenvalue weighted by Gasteiger charge is 2.27. The Bertz CT molecular complexity index is 1480. The van der Waals surface area contributed by atoms with Crippen molar-refractivity contribution in [3.63, 3.8) is 0 Å². The minimum absolute atomic E-state index is 0.0684. The molecule has 0 saturated heterocycles. The molecule has 0 aliphatic rings. The molecule has 4 aromatic carbocycles. The molecule has 0 atom stereocenters. The summed E-state index contributed by atoms with van der Waals surface area (Å²) >= 11 is 0. The molecule has 1 amide bonds. The van der Waals surface area contributed by atoms with Gasteiger partial charge < -0.3 is 4.90 Å². The van der Waals surface area contributed by atoms with Crippen LogP contribution >= 0.6 is 0 Å². The van der Waals surface area contributed by atoms with E-state index in [0.29, 0.717) is 13.1 Å². The molecule has 0 unspecified atom stereocenters. The van der Waals surface area contributed by atoms with Gasteiger partial charge in [-0.05, 0) is 46.2 Å². The van der Waals surface area contributed by atoms with E-state index in [4.69, 9.17) is 0 Å². The van der Waals surface area contributed by atoms with Gasteiger partial charge in [0.1, 0.15) is 0 Å². The molecule has 0 spiro atoms. The fourth-order valence-electron chi connectivity index (χ4n) is 4.73. The lowest BCUT2D eigenvalue weighted by molar-refractivity contribution is -0.132. The Balaban J connectivity index is 1.54. The van der Waals surface area contributed by atoms with Crippen LogP contribution in [0, 0.1) is 0 Å². The molecule has 0 bridgehead atoms. The summed E-state index contributed by atoms with van der Waals surface area (Å²) in [6.07, 6.45) is 0.819. The summed E-state index contributed by atoms with van der Waals surface area (Å²) in [5.41, 5.74) is 4.06. The van der Waals surface area contributed by atoms with Crippen LogP contribution in [0.25, 0.3) is 0 Å². The topological polar surface area (TPSA) is 57.7 Å². The normalized spacial score (nSPS) is 11.9. The second kappa shape index (κ2) is 13.7. The largest absolute Gasteiger partial charge is 0.338 e. The molecule has 0 heterocycles. The summed E-state index contributed by atoms with van der Waals surface area (Å²) in [6, 6.07) is 36.6. The van der Waals surface area contributed by atoms with Gasteiger partial charge in [0.25, 0.3) is 0 Å². The van der Waals surface area contributed by atoms with Crippen molar-refractivity contribution in [3.05, 3.63) is 138 Å². The summed E-state index contributed by atoms with van der Waals surface area (Å²) < 4.78 is 29.2. The number of sulfonamides is 1. The van der Waals surface area contributed by atoms with Gasteiger partial charge in [-0.15, -0.1) is 0 Å². The Hall–Kier alpha value is -3.74. The molecule has 5 nitrogen and oxygen atoms in total. The van der Waals surface area contributed by atoms with Crippen LogP contribution in [0.2, 0.25) is 0 Å². The molecule has 0 saturated carbocycles. The maximum atomic E-state index is 13.9. The molecule has 4 rings (SSSR count). The van der Waals surface area contributed by atoms with Gasteiger partial charge in [0.2, 0.25) is 15.9 Å². The third-order valence-electron chi connectivity index (χ3n) is 7.22. The van der Waals surface area contributed by atoms with Crippen molar-refractivity contribution in [3.8, 4) is 0 Å². The maximum Gasteiger partial charge on any atom is 0.243 e. The quantitative estimate of drug-likeness (QED) is 0.188. The molecular weight excluding hydrogens is 528 g/mol. The second-order valence-corrected chi connectivity index (χ2v) is 13.3. The molecule has 6 heteroatoms. The number of hydrogen-bond donors (Lipinski definition) is 0. The van der Waals surface area contributed by atoms with Crippen molar-refractivity contribution >= 4 is 15.9 Å². The summed E-state index contributed by atoms with van der Waals surface area (Å²) in [5, 5.41) is 0. The van der Waals surface area contributed by atoms with Crippen LogP contribution < -0.4 is 0 Å². The van der Waals surface area contributed by atoms with E-state index in [0.717, 1.165) is 28.7 Å². The van der Waals surface area contributed by atoms with E-state index in [1.807, 2.05) is 95.9 Å². The van der Waals surface area contributed by atoms with Gasteiger partial charge in [0, 0.05) is 32.6 Å². The first-order chi connectivity index (χ1) is 19.6. The predicted octanol–water partition coefficient (Wildman–Crippen LogP) is 6.84. The molecule has 0 fully saturated rings. The average molecular weight is 569 g/mol. The van der Waals surface area contributed by atoms with Crippen molar-refractivity contribution in [2.24, 2.45) is 0 Å². The molecule has 4 aromatic rings. The van der Waals surface area contributed by atoms with E-state index < -0.39 is 10.0 Å².